The van der Waals surface area contributed by atoms with E-state index in [2.05, 4.69) is 10.6 Å². The van der Waals surface area contributed by atoms with Gasteiger partial charge in [0.25, 0.3) is 5.91 Å². The van der Waals surface area contributed by atoms with Gasteiger partial charge < -0.3 is 15.1 Å². The molecule has 0 spiro atoms. The fraction of sp³-hybridized carbons (Fsp3) is 0.333. The molecule has 1 unspecified atom stereocenters. The Kier molecular flexibility index (Phi) is 3.59. The number of rotatable bonds is 2. The Bertz CT molecular complexity index is 713. The summed E-state index contributed by atoms with van der Waals surface area (Å²) in [6.07, 6.45) is 1.07. The second kappa shape index (κ2) is 5.41. The molecule has 0 saturated carbocycles. The van der Waals surface area contributed by atoms with Crippen molar-refractivity contribution in [1.29, 1.82) is 0 Å². The van der Waals surface area contributed by atoms with Crippen molar-refractivity contribution in [2.24, 2.45) is 0 Å². The van der Waals surface area contributed by atoms with Gasteiger partial charge in [0.2, 0.25) is 5.91 Å². The van der Waals surface area contributed by atoms with Crippen LogP contribution in [0, 0.1) is 6.92 Å². The first-order valence-electron chi connectivity index (χ1n) is 6.81. The summed E-state index contributed by atoms with van der Waals surface area (Å²) in [5.41, 5.74) is 1.41. The summed E-state index contributed by atoms with van der Waals surface area (Å²) in [7, 11) is 0. The van der Waals surface area contributed by atoms with Crippen LogP contribution in [0.1, 0.15) is 29.0 Å². The molecule has 1 fully saturated rings. The van der Waals surface area contributed by atoms with Gasteiger partial charge in [0, 0.05) is 35.0 Å². The summed E-state index contributed by atoms with van der Waals surface area (Å²) in [5, 5.41) is 7.07. The highest BCUT2D eigenvalue weighted by Crippen LogP contribution is 2.27. The van der Waals surface area contributed by atoms with Crippen molar-refractivity contribution in [3.05, 3.63) is 34.5 Å². The molecule has 6 heteroatoms. The quantitative estimate of drug-likeness (QED) is 0.895. The molecular weight excluding hydrogens is 292 g/mol. The van der Waals surface area contributed by atoms with Gasteiger partial charge in [-0.2, -0.15) is 0 Å². The Hall–Kier alpha value is -2.01. The van der Waals surface area contributed by atoms with Crippen LogP contribution in [0.3, 0.4) is 0 Å². The molecule has 0 radical (unpaired) electrons. The molecule has 1 aliphatic rings. The number of hydrogen-bond acceptors (Lipinski definition) is 3. The van der Waals surface area contributed by atoms with Gasteiger partial charge in [-0.25, -0.2) is 0 Å². The normalized spacial score (nSPS) is 18.6. The molecule has 2 heterocycles. The summed E-state index contributed by atoms with van der Waals surface area (Å²) in [6.45, 7) is 2.29. The van der Waals surface area contributed by atoms with Crippen molar-refractivity contribution < 1.29 is 14.0 Å². The van der Waals surface area contributed by atoms with Gasteiger partial charge in [0.05, 0.1) is 0 Å². The topological polar surface area (TPSA) is 71.3 Å². The molecule has 2 aromatic rings. The molecule has 2 N–H and O–H groups in total. The number of fused-ring (bicyclic) bond motifs is 1. The van der Waals surface area contributed by atoms with Gasteiger partial charge in [0.15, 0.2) is 5.76 Å². The van der Waals surface area contributed by atoms with Gasteiger partial charge >= 0.3 is 0 Å². The van der Waals surface area contributed by atoms with Crippen LogP contribution >= 0.6 is 11.6 Å². The number of amides is 2. The molecule has 1 aliphatic heterocycles. The van der Waals surface area contributed by atoms with E-state index in [1.165, 1.54) is 0 Å². The van der Waals surface area contributed by atoms with Crippen LogP contribution in [0.25, 0.3) is 11.0 Å². The minimum absolute atomic E-state index is 0.0232. The molecular formula is C15H15ClN2O3. The zero-order valence-electron chi connectivity index (χ0n) is 11.5. The van der Waals surface area contributed by atoms with Gasteiger partial charge in [-0.05, 0) is 31.5 Å². The Morgan fingerprint density at radius 2 is 2.29 bits per heavy atom. The van der Waals surface area contributed by atoms with Crippen LogP contribution < -0.4 is 10.6 Å². The summed E-state index contributed by atoms with van der Waals surface area (Å²) < 4.78 is 5.62. The molecule has 1 saturated heterocycles. The predicted octanol–water partition coefficient (Wildman–Crippen LogP) is 2.40. The monoisotopic (exact) mass is 306 g/mol. The molecule has 21 heavy (non-hydrogen) atoms. The zero-order valence-corrected chi connectivity index (χ0v) is 12.3. The van der Waals surface area contributed by atoms with Gasteiger partial charge in [0.1, 0.15) is 5.58 Å². The third-order valence-electron chi connectivity index (χ3n) is 3.71. The van der Waals surface area contributed by atoms with E-state index in [0.717, 1.165) is 10.9 Å². The smallest absolute Gasteiger partial charge is 0.287 e. The highest BCUT2D eigenvalue weighted by Gasteiger charge is 2.23. The number of piperidine rings is 1. The molecule has 1 aromatic carbocycles. The second-order valence-corrected chi connectivity index (χ2v) is 5.65. The summed E-state index contributed by atoms with van der Waals surface area (Å²) in [4.78, 5) is 23.4. The lowest BCUT2D eigenvalue weighted by Gasteiger charge is -2.23. The van der Waals surface area contributed by atoms with E-state index in [1.54, 1.807) is 18.2 Å². The first-order chi connectivity index (χ1) is 10.0. The maximum Gasteiger partial charge on any atom is 0.287 e. The average molecular weight is 307 g/mol. The van der Waals surface area contributed by atoms with Crippen LogP contribution in [-0.2, 0) is 4.79 Å². The minimum atomic E-state index is -0.263. The molecule has 110 valence electrons. The second-order valence-electron chi connectivity index (χ2n) is 5.21. The minimum Gasteiger partial charge on any atom is -0.451 e. The van der Waals surface area contributed by atoms with Crippen molar-refractivity contribution in [2.75, 3.05) is 6.54 Å². The fourth-order valence-electron chi connectivity index (χ4n) is 2.52. The molecule has 3 rings (SSSR count). The molecule has 5 nitrogen and oxygen atoms in total. The first-order valence-corrected chi connectivity index (χ1v) is 7.18. The molecule has 1 atom stereocenters. The number of aryl methyl sites for hydroxylation is 1. The molecule has 0 bridgehead atoms. The van der Waals surface area contributed by atoms with Crippen LogP contribution in [0.2, 0.25) is 5.02 Å². The maximum absolute atomic E-state index is 12.3. The number of benzene rings is 1. The van der Waals surface area contributed by atoms with Gasteiger partial charge in [-0.1, -0.05) is 11.6 Å². The standard InChI is InChI=1S/C15H15ClN2O3/c1-8-11-6-9(16)2-4-12(11)21-14(8)15(20)18-10-3-5-13(19)17-7-10/h2,4,6,10H,3,5,7H2,1H3,(H,17,19)(H,18,20). The summed E-state index contributed by atoms with van der Waals surface area (Å²) in [5.74, 6) is 0.0557. The highest BCUT2D eigenvalue weighted by molar-refractivity contribution is 6.31. The third kappa shape index (κ3) is 2.74. The lowest BCUT2D eigenvalue weighted by atomic mass is 10.1. The lowest BCUT2D eigenvalue weighted by Crippen LogP contribution is -2.47. The predicted molar refractivity (Wildman–Crippen MR) is 79.5 cm³/mol. The third-order valence-corrected chi connectivity index (χ3v) is 3.94. The number of halogens is 1. The molecule has 1 aromatic heterocycles. The van der Waals surface area contributed by atoms with Crippen LogP contribution in [-0.4, -0.2) is 24.4 Å². The van der Waals surface area contributed by atoms with E-state index >= 15 is 0 Å². The number of hydrogen-bond donors (Lipinski definition) is 2. The van der Waals surface area contributed by atoms with Crippen molar-refractivity contribution in [3.63, 3.8) is 0 Å². The number of nitrogens with one attached hydrogen (secondary N) is 2. The Balaban J connectivity index is 1.81. The van der Waals surface area contributed by atoms with Crippen LogP contribution in [0.4, 0.5) is 0 Å². The van der Waals surface area contributed by atoms with E-state index < -0.39 is 0 Å². The van der Waals surface area contributed by atoms with E-state index in [-0.39, 0.29) is 17.9 Å². The molecule has 0 aliphatic carbocycles. The number of furan rings is 1. The summed E-state index contributed by atoms with van der Waals surface area (Å²) in [6, 6.07) is 5.20. The van der Waals surface area contributed by atoms with E-state index in [9.17, 15) is 9.59 Å². The fourth-order valence-corrected chi connectivity index (χ4v) is 2.69. The van der Waals surface area contributed by atoms with Crippen molar-refractivity contribution in [2.45, 2.75) is 25.8 Å². The van der Waals surface area contributed by atoms with E-state index in [0.29, 0.717) is 35.8 Å². The number of carbonyl (C=O) groups excluding carboxylic acids is 2. The van der Waals surface area contributed by atoms with Gasteiger partial charge in [-0.15, -0.1) is 0 Å². The van der Waals surface area contributed by atoms with Gasteiger partial charge in [-0.3, -0.25) is 9.59 Å². The average Bonchev–Trinajstić information content (AvgIpc) is 2.79. The van der Waals surface area contributed by atoms with Crippen molar-refractivity contribution >= 4 is 34.4 Å². The largest absolute Gasteiger partial charge is 0.451 e. The van der Waals surface area contributed by atoms with Crippen molar-refractivity contribution in [1.82, 2.24) is 10.6 Å². The Labute approximate surface area is 126 Å². The lowest BCUT2D eigenvalue weighted by molar-refractivity contribution is -0.122. The number of carbonyl (C=O) groups is 2. The Morgan fingerprint density at radius 3 is 3.00 bits per heavy atom. The zero-order chi connectivity index (χ0) is 15.0. The van der Waals surface area contributed by atoms with Crippen LogP contribution in [0.5, 0.6) is 0 Å². The first kappa shape index (κ1) is 13.9. The summed E-state index contributed by atoms with van der Waals surface area (Å²) >= 11 is 5.97. The Morgan fingerprint density at radius 1 is 1.48 bits per heavy atom. The van der Waals surface area contributed by atoms with Crippen molar-refractivity contribution in [3.8, 4) is 0 Å². The SMILES string of the molecule is Cc1c(C(=O)NC2CCC(=O)NC2)oc2ccc(Cl)cc12. The van der Waals surface area contributed by atoms with E-state index in [1.807, 2.05) is 6.92 Å². The maximum atomic E-state index is 12.3. The van der Waals surface area contributed by atoms with E-state index in [4.69, 9.17) is 16.0 Å². The highest BCUT2D eigenvalue weighted by atomic mass is 35.5. The van der Waals surface area contributed by atoms with Crippen LogP contribution in [0.15, 0.2) is 22.6 Å². The molecule has 2 amide bonds.